The molecule has 0 bridgehead atoms. The zero-order valence-corrected chi connectivity index (χ0v) is 9.77. The molecular weight excluding hydrogens is 218 g/mol. The Labute approximate surface area is 99.2 Å². The van der Waals surface area contributed by atoms with E-state index in [1.54, 1.807) is 25.4 Å². The van der Waals surface area contributed by atoms with Gasteiger partial charge in [-0.05, 0) is 13.0 Å². The van der Waals surface area contributed by atoms with Crippen LogP contribution in [0.3, 0.4) is 0 Å². The van der Waals surface area contributed by atoms with Crippen molar-refractivity contribution in [2.45, 2.75) is 13.0 Å². The van der Waals surface area contributed by atoms with Crippen LogP contribution in [0.25, 0.3) is 0 Å². The molecule has 6 heteroatoms. The molecule has 17 heavy (non-hydrogen) atoms. The Morgan fingerprint density at radius 2 is 2.29 bits per heavy atom. The number of aromatic nitrogens is 3. The highest BCUT2D eigenvalue weighted by Crippen LogP contribution is 2.24. The molecule has 0 aliphatic heterocycles. The van der Waals surface area contributed by atoms with Crippen molar-refractivity contribution in [3.05, 3.63) is 30.1 Å². The monoisotopic (exact) mass is 233 g/mol. The summed E-state index contributed by atoms with van der Waals surface area (Å²) in [6.07, 6.45) is 3.59. The number of hydrogen-bond acceptors (Lipinski definition) is 5. The van der Waals surface area contributed by atoms with E-state index in [0.717, 1.165) is 5.56 Å². The summed E-state index contributed by atoms with van der Waals surface area (Å²) in [5.74, 6) is 1.14. The zero-order chi connectivity index (χ0) is 12.3. The summed E-state index contributed by atoms with van der Waals surface area (Å²) in [5.41, 5.74) is 7.46. The Bertz CT molecular complexity index is 483. The molecule has 0 amide bonds. The molecule has 0 saturated carbocycles. The predicted octanol–water partition coefficient (Wildman–Crippen LogP) is 1.57. The van der Waals surface area contributed by atoms with Gasteiger partial charge in [0.05, 0.1) is 25.0 Å². The highest BCUT2D eigenvalue weighted by atomic mass is 16.5. The molecule has 4 N–H and O–H groups in total. The van der Waals surface area contributed by atoms with Crippen LogP contribution in [0.4, 0.5) is 11.5 Å². The van der Waals surface area contributed by atoms with E-state index < -0.39 is 0 Å². The smallest absolute Gasteiger partial charge is 0.215 e. The summed E-state index contributed by atoms with van der Waals surface area (Å²) in [6.45, 7) is 2.01. The number of pyridine rings is 1. The summed E-state index contributed by atoms with van der Waals surface area (Å²) >= 11 is 0. The van der Waals surface area contributed by atoms with E-state index in [-0.39, 0.29) is 6.04 Å². The Morgan fingerprint density at radius 3 is 2.94 bits per heavy atom. The number of rotatable bonds is 4. The van der Waals surface area contributed by atoms with E-state index in [0.29, 0.717) is 17.4 Å². The number of hydrogen-bond donors (Lipinski definition) is 3. The first-order valence-electron chi connectivity index (χ1n) is 5.26. The zero-order valence-electron chi connectivity index (χ0n) is 9.77. The maximum Gasteiger partial charge on any atom is 0.215 e. The summed E-state index contributed by atoms with van der Waals surface area (Å²) in [4.78, 5) is 4.25. The number of nitrogen functional groups attached to an aromatic ring is 1. The van der Waals surface area contributed by atoms with Gasteiger partial charge in [-0.25, -0.2) is 0 Å². The number of aromatic amines is 1. The Hall–Kier alpha value is -2.24. The topological polar surface area (TPSA) is 88.9 Å². The molecule has 0 spiro atoms. The molecular formula is C11H15N5O. The van der Waals surface area contributed by atoms with Gasteiger partial charge in [0.1, 0.15) is 0 Å². The molecule has 0 aromatic carbocycles. The van der Waals surface area contributed by atoms with Crippen LogP contribution in [-0.4, -0.2) is 22.3 Å². The minimum absolute atomic E-state index is 0.0654. The van der Waals surface area contributed by atoms with E-state index in [1.165, 1.54) is 0 Å². The molecule has 0 aliphatic rings. The third-order valence-electron chi connectivity index (χ3n) is 2.48. The van der Waals surface area contributed by atoms with E-state index in [2.05, 4.69) is 20.5 Å². The van der Waals surface area contributed by atoms with E-state index in [4.69, 9.17) is 10.5 Å². The van der Waals surface area contributed by atoms with Crippen LogP contribution >= 0.6 is 0 Å². The van der Waals surface area contributed by atoms with Gasteiger partial charge in [-0.3, -0.25) is 5.10 Å². The molecule has 2 aromatic heterocycles. The van der Waals surface area contributed by atoms with E-state index in [9.17, 15) is 0 Å². The van der Waals surface area contributed by atoms with Gasteiger partial charge in [0.2, 0.25) is 5.88 Å². The summed E-state index contributed by atoms with van der Waals surface area (Å²) in [7, 11) is 1.57. The lowest BCUT2D eigenvalue weighted by Crippen LogP contribution is -2.09. The van der Waals surface area contributed by atoms with Crippen LogP contribution < -0.4 is 15.8 Å². The van der Waals surface area contributed by atoms with Crippen molar-refractivity contribution >= 4 is 11.5 Å². The minimum Gasteiger partial charge on any atom is -0.481 e. The lowest BCUT2D eigenvalue weighted by molar-refractivity contribution is 0.398. The standard InChI is InChI=1S/C11H15N5O/c1-7(8-5-13-14-6-8)15-11-9(12)3-4-10(16-11)17-2/h3-7H,12H2,1-2H3,(H,13,14)(H,15,16). The maximum absolute atomic E-state index is 5.84. The number of nitrogens with zero attached hydrogens (tertiary/aromatic N) is 2. The van der Waals surface area contributed by atoms with Crippen molar-refractivity contribution < 1.29 is 4.74 Å². The van der Waals surface area contributed by atoms with Crippen molar-refractivity contribution in [1.82, 2.24) is 15.2 Å². The largest absolute Gasteiger partial charge is 0.481 e. The van der Waals surface area contributed by atoms with Gasteiger partial charge in [-0.15, -0.1) is 0 Å². The predicted molar refractivity (Wildman–Crippen MR) is 65.8 cm³/mol. The van der Waals surface area contributed by atoms with Crippen LogP contribution in [0.5, 0.6) is 5.88 Å². The van der Waals surface area contributed by atoms with Crippen molar-refractivity contribution in [1.29, 1.82) is 0 Å². The second-order valence-electron chi connectivity index (χ2n) is 3.69. The normalized spacial score (nSPS) is 12.1. The van der Waals surface area contributed by atoms with Gasteiger partial charge in [-0.1, -0.05) is 0 Å². The molecule has 2 heterocycles. The van der Waals surface area contributed by atoms with Crippen LogP contribution in [0.15, 0.2) is 24.5 Å². The second-order valence-corrected chi connectivity index (χ2v) is 3.69. The van der Waals surface area contributed by atoms with Gasteiger partial charge in [-0.2, -0.15) is 10.1 Å². The molecule has 0 fully saturated rings. The van der Waals surface area contributed by atoms with E-state index >= 15 is 0 Å². The lowest BCUT2D eigenvalue weighted by Gasteiger charge is -2.14. The number of nitrogens with two attached hydrogens (primary N) is 1. The van der Waals surface area contributed by atoms with Gasteiger partial charge >= 0.3 is 0 Å². The van der Waals surface area contributed by atoms with Crippen molar-refractivity contribution in [3.8, 4) is 5.88 Å². The first kappa shape index (κ1) is 11.3. The van der Waals surface area contributed by atoms with Crippen LogP contribution in [0.1, 0.15) is 18.5 Å². The van der Waals surface area contributed by atoms with Crippen molar-refractivity contribution in [2.75, 3.05) is 18.2 Å². The van der Waals surface area contributed by atoms with E-state index in [1.807, 2.05) is 13.1 Å². The summed E-state index contributed by atoms with van der Waals surface area (Å²) < 4.78 is 5.06. The number of methoxy groups -OCH3 is 1. The molecule has 2 aromatic rings. The van der Waals surface area contributed by atoms with Crippen molar-refractivity contribution in [2.24, 2.45) is 0 Å². The molecule has 0 radical (unpaired) electrons. The van der Waals surface area contributed by atoms with Gasteiger partial charge < -0.3 is 15.8 Å². The number of nitrogens with one attached hydrogen (secondary N) is 2. The fourth-order valence-electron chi connectivity index (χ4n) is 1.47. The number of anilines is 2. The average Bonchev–Trinajstić information content (AvgIpc) is 2.85. The minimum atomic E-state index is 0.0654. The Balaban J connectivity index is 2.18. The second kappa shape index (κ2) is 4.73. The first-order chi connectivity index (χ1) is 8.20. The molecule has 1 unspecified atom stereocenters. The van der Waals surface area contributed by atoms with Crippen LogP contribution in [0.2, 0.25) is 0 Å². The molecule has 0 aliphatic carbocycles. The highest BCUT2D eigenvalue weighted by Gasteiger charge is 2.10. The third-order valence-corrected chi connectivity index (χ3v) is 2.48. The molecule has 90 valence electrons. The summed E-state index contributed by atoms with van der Waals surface area (Å²) in [5, 5.41) is 9.88. The molecule has 2 rings (SSSR count). The first-order valence-corrected chi connectivity index (χ1v) is 5.26. The number of ether oxygens (including phenoxy) is 1. The fraction of sp³-hybridized carbons (Fsp3) is 0.273. The van der Waals surface area contributed by atoms with Gasteiger partial charge in [0.15, 0.2) is 5.82 Å². The molecule has 6 nitrogen and oxygen atoms in total. The average molecular weight is 233 g/mol. The highest BCUT2D eigenvalue weighted by molar-refractivity contribution is 5.62. The van der Waals surface area contributed by atoms with Gasteiger partial charge in [0.25, 0.3) is 0 Å². The molecule has 1 atom stereocenters. The third kappa shape index (κ3) is 2.47. The van der Waals surface area contributed by atoms with Crippen LogP contribution in [0, 0.1) is 0 Å². The number of H-pyrrole nitrogens is 1. The van der Waals surface area contributed by atoms with Crippen LogP contribution in [-0.2, 0) is 0 Å². The van der Waals surface area contributed by atoms with Crippen molar-refractivity contribution in [3.63, 3.8) is 0 Å². The Kier molecular flexibility index (Phi) is 3.13. The fourth-order valence-corrected chi connectivity index (χ4v) is 1.47. The maximum atomic E-state index is 5.84. The SMILES string of the molecule is COc1ccc(N)c(NC(C)c2cn[nH]c2)n1. The summed E-state index contributed by atoms with van der Waals surface area (Å²) in [6, 6.07) is 3.55. The molecule has 0 saturated heterocycles. The van der Waals surface area contributed by atoms with Gasteiger partial charge in [0, 0.05) is 17.8 Å². The quantitative estimate of drug-likeness (QED) is 0.745. The Morgan fingerprint density at radius 1 is 1.47 bits per heavy atom. The lowest BCUT2D eigenvalue weighted by atomic mass is 10.2.